The first kappa shape index (κ1) is 14.7. The lowest BCUT2D eigenvalue weighted by Crippen LogP contribution is -2.33. The van der Waals surface area contributed by atoms with E-state index in [0.717, 1.165) is 4.90 Å². The summed E-state index contributed by atoms with van der Waals surface area (Å²) >= 11 is 0. The van der Waals surface area contributed by atoms with Crippen LogP contribution in [0.2, 0.25) is 0 Å². The van der Waals surface area contributed by atoms with Crippen LogP contribution in [0.1, 0.15) is 13.8 Å². The molecule has 19 heavy (non-hydrogen) atoms. The number of nitrogens with zero attached hydrogens (tertiary/aromatic N) is 2. The number of ether oxygens (including phenoxy) is 2. The molecule has 0 spiro atoms. The molecule has 1 N–H and O–H groups in total. The normalized spacial score (nSPS) is 16.6. The third-order valence-corrected chi connectivity index (χ3v) is 2.26. The molecule has 0 unspecified atom stereocenters. The van der Waals surface area contributed by atoms with E-state index in [9.17, 15) is 19.7 Å². The van der Waals surface area contributed by atoms with Crippen molar-refractivity contribution >= 4 is 12.1 Å². The Morgan fingerprint density at radius 3 is 2.53 bits per heavy atom. The molecule has 1 aliphatic heterocycles. The van der Waals surface area contributed by atoms with Crippen LogP contribution < -0.4 is 5.32 Å². The Balaban J connectivity index is 3.09. The van der Waals surface area contributed by atoms with Crippen LogP contribution in [0.3, 0.4) is 0 Å². The molecule has 1 saturated heterocycles. The second-order valence-electron chi connectivity index (χ2n) is 3.45. The first-order valence-corrected chi connectivity index (χ1v) is 5.76. The van der Waals surface area contributed by atoms with Crippen LogP contribution in [0.25, 0.3) is 0 Å². The lowest BCUT2D eigenvalue weighted by Gasteiger charge is -2.15. The van der Waals surface area contributed by atoms with E-state index in [1.54, 1.807) is 6.92 Å². The van der Waals surface area contributed by atoms with Gasteiger partial charge in [0.05, 0.1) is 18.1 Å². The summed E-state index contributed by atoms with van der Waals surface area (Å²) in [6.07, 6.45) is -0.744. The SMILES string of the molecule is CCOC(=O)C(=C1NCCN1C(=O)OCC)[N+](=O)[O-]. The molecule has 1 aliphatic rings. The highest BCUT2D eigenvalue weighted by Gasteiger charge is 2.38. The highest BCUT2D eigenvalue weighted by atomic mass is 16.6. The maximum absolute atomic E-state index is 11.6. The number of nitro groups is 1. The fourth-order valence-corrected chi connectivity index (χ4v) is 1.55. The number of carbonyl (C=O) groups is 2. The number of carbonyl (C=O) groups excluding carboxylic acids is 2. The zero-order valence-corrected chi connectivity index (χ0v) is 10.7. The predicted octanol–water partition coefficient (Wildman–Crippen LogP) is 0.0570. The lowest BCUT2D eigenvalue weighted by atomic mass is 10.4. The molecule has 0 aromatic rings. The number of amides is 1. The predicted molar refractivity (Wildman–Crippen MR) is 62.4 cm³/mol. The smallest absolute Gasteiger partial charge is 0.415 e. The summed E-state index contributed by atoms with van der Waals surface area (Å²) in [5, 5.41) is 13.6. The third kappa shape index (κ3) is 3.33. The Morgan fingerprint density at radius 2 is 2.00 bits per heavy atom. The van der Waals surface area contributed by atoms with Gasteiger partial charge >= 0.3 is 17.8 Å². The van der Waals surface area contributed by atoms with Gasteiger partial charge in [0.1, 0.15) is 0 Å². The van der Waals surface area contributed by atoms with Crippen molar-refractivity contribution in [2.45, 2.75) is 13.8 Å². The molecule has 1 amide bonds. The summed E-state index contributed by atoms with van der Waals surface area (Å²) in [7, 11) is 0. The van der Waals surface area contributed by atoms with Gasteiger partial charge in [-0.1, -0.05) is 0 Å². The molecule has 0 aromatic carbocycles. The Labute approximate surface area is 109 Å². The average Bonchev–Trinajstić information content (AvgIpc) is 2.78. The number of hydrogen-bond acceptors (Lipinski definition) is 7. The van der Waals surface area contributed by atoms with E-state index in [-0.39, 0.29) is 25.6 Å². The summed E-state index contributed by atoms with van der Waals surface area (Å²) in [6, 6.07) is 0. The minimum Gasteiger partial charge on any atom is -0.458 e. The van der Waals surface area contributed by atoms with Crippen LogP contribution in [0.4, 0.5) is 4.79 Å². The molecular weight excluding hydrogens is 258 g/mol. The van der Waals surface area contributed by atoms with Gasteiger partial charge in [-0.2, -0.15) is 0 Å². The van der Waals surface area contributed by atoms with Crippen LogP contribution in [0, 0.1) is 10.1 Å². The van der Waals surface area contributed by atoms with Gasteiger partial charge in [0.2, 0.25) is 0 Å². The van der Waals surface area contributed by atoms with E-state index in [2.05, 4.69) is 10.1 Å². The van der Waals surface area contributed by atoms with Crippen molar-refractivity contribution in [3.05, 3.63) is 21.6 Å². The largest absolute Gasteiger partial charge is 0.458 e. The third-order valence-electron chi connectivity index (χ3n) is 2.26. The Hall–Kier alpha value is -2.32. The van der Waals surface area contributed by atoms with Crippen molar-refractivity contribution in [2.75, 3.05) is 26.3 Å². The highest BCUT2D eigenvalue weighted by Crippen LogP contribution is 2.16. The average molecular weight is 273 g/mol. The molecule has 9 nitrogen and oxygen atoms in total. The number of rotatable bonds is 4. The Bertz CT molecular complexity index is 419. The summed E-state index contributed by atoms with van der Waals surface area (Å²) in [6.45, 7) is 3.77. The molecule has 106 valence electrons. The van der Waals surface area contributed by atoms with E-state index in [1.165, 1.54) is 6.92 Å². The van der Waals surface area contributed by atoms with Gasteiger partial charge in [-0.25, -0.2) is 9.59 Å². The van der Waals surface area contributed by atoms with Gasteiger partial charge in [0.15, 0.2) is 5.82 Å². The van der Waals surface area contributed by atoms with Crippen LogP contribution in [-0.2, 0) is 14.3 Å². The second kappa shape index (κ2) is 6.57. The second-order valence-corrected chi connectivity index (χ2v) is 3.45. The van der Waals surface area contributed by atoms with Crippen LogP contribution in [-0.4, -0.2) is 48.2 Å². The first-order valence-electron chi connectivity index (χ1n) is 5.76. The molecular formula is C10H15N3O6. The fraction of sp³-hybridized carbons (Fsp3) is 0.600. The van der Waals surface area contributed by atoms with Gasteiger partial charge in [-0.05, 0) is 13.8 Å². The molecule has 9 heteroatoms. The van der Waals surface area contributed by atoms with Crippen molar-refractivity contribution in [1.29, 1.82) is 0 Å². The summed E-state index contributed by atoms with van der Waals surface area (Å²) in [5.41, 5.74) is -0.799. The van der Waals surface area contributed by atoms with E-state index < -0.39 is 22.7 Å². The van der Waals surface area contributed by atoms with Crippen molar-refractivity contribution in [3.63, 3.8) is 0 Å². The zero-order valence-electron chi connectivity index (χ0n) is 10.7. The number of hydrogen-bond donors (Lipinski definition) is 1. The number of nitrogens with one attached hydrogen (secondary N) is 1. The van der Waals surface area contributed by atoms with E-state index in [0.29, 0.717) is 6.54 Å². The molecule has 0 radical (unpaired) electrons. The fourth-order valence-electron chi connectivity index (χ4n) is 1.55. The first-order chi connectivity index (χ1) is 9.02. The van der Waals surface area contributed by atoms with Crippen molar-refractivity contribution in [3.8, 4) is 0 Å². The quantitative estimate of drug-likeness (QED) is 0.333. The molecule has 0 bridgehead atoms. The molecule has 1 rings (SSSR count). The molecule has 1 heterocycles. The maximum Gasteiger partial charge on any atom is 0.415 e. The Morgan fingerprint density at radius 1 is 1.37 bits per heavy atom. The summed E-state index contributed by atoms with van der Waals surface area (Å²) in [4.78, 5) is 34.3. The van der Waals surface area contributed by atoms with E-state index >= 15 is 0 Å². The summed E-state index contributed by atoms with van der Waals surface area (Å²) in [5.74, 6) is -1.28. The Kier molecular flexibility index (Phi) is 5.10. The van der Waals surface area contributed by atoms with Crippen LogP contribution >= 0.6 is 0 Å². The van der Waals surface area contributed by atoms with Gasteiger partial charge in [0, 0.05) is 13.1 Å². The van der Waals surface area contributed by atoms with E-state index in [1.807, 2.05) is 0 Å². The van der Waals surface area contributed by atoms with Gasteiger partial charge < -0.3 is 14.8 Å². The monoisotopic (exact) mass is 273 g/mol. The highest BCUT2D eigenvalue weighted by molar-refractivity contribution is 5.87. The lowest BCUT2D eigenvalue weighted by molar-refractivity contribution is -0.423. The van der Waals surface area contributed by atoms with Crippen LogP contribution in [0.5, 0.6) is 0 Å². The molecule has 0 aliphatic carbocycles. The molecule has 0 saturated carbocycles. The van der Waals surface area contributed by atoms with Gasteiger partial charge in [-0.15, -0.1) is 0 Å². The van der Waals surface area contributed by atoms with Crippen molar-refractivity contribution in [1.82, 2.24) is 10.2 Å². The maximum atomic E-state index is 11.6. The summed E-state index contributed by atoms with van der Waals surface area (Å²) < 4.78 is 9.37. The topological polar surface area (TPSA) is 111 Å². The molecule has 1 fully saturated rings. The van der Waals surface area contributed by atoms with Crippen molar-refractivity contribution in [2.24, 2.45) is 0 Å². The molecule has 0 aromatic heterocycles. The van der Waals surface area contributed by atoms with Crippen LogP contribution in [0.15, 0.2) is 11.5 Å². The number of esters is 1. The van der Waals surface area contributed by atoms with E-state index in [4.69, 9.17) is 4.74 Å². The van der Waals surface area contributed by atoms with Crippen molar-refractivity contribution < 1.29 is 24.0 Å². The van der Waals surface area contributed by atoms with Gasteiger partial charge in [-0.3, -0.25) is 15.0 Å². The van der Waals surface area contributed by atoms with Gasteiger partial charge in [0.25, 0.3) is 0 Å². The molecule has 0 atom stereocenters. The minimum atomic E-state index is -1.09. The standard InChI is InChI=1S/C10H15N3O6/c1-3-18-9(14)7(13(16)17)8-11-5-6-12(8)10(15)19-4-2/h11H,3-6H2,1-2H3. The minimum absolute atomic E-state index is 0.00284. The zero-order chi connectivity index (χ0) is 14.4.